The van der Waals surface area contributed by atoms with E-state index in [1.54, 1.807) is 6.26 Å². The zero-order valence-electron chi connectivity index (χ0n) is 17.0. The molecule has 0 saturated carbocycles. The van der Waals surface area contributed by atoms with Gasteiger partial charge in [0.1, 0.15) is 5.76 Å². The molecule has 1 aromatic rings. The lowest BCUT2D eigenvalue weighted by Crippen LogP contribution is -2.46. The second kappa shape index (κ2) is 10.3. The van der Waals surface area contributed by atoms with Gasteiger partial charge < -0.3 is 15.1 Å². The van der Waals surface area contributed by atoms with E-state index in [1.165, 1.54) is 11.3 Å². The van der Waals surface area contributed by atoms with Gasteiger partial charge in [0.2, 0.25) is 0 Å². The Balaban J connectivity index is 1.54. The number of likely N-dealkylation sites (N-methyl/N-ethyl adjacent to an activating group) is 1. The molecule has 2 saturated heterocycles. The van der Waals surface area contributed by atoms with Gasteiger partial charge in [0, 0.05) is 38.1 Å². The summed E-state index contributed by atoms with van der Waals surface area (Å²) in [5.74, 6) is 1.57. The average molecular weight is 416 g/mol. The smallest absolute Gasteiger partial charge is 0.401 e. The molecule has 2 N–H and O–H groups in total. The Hall–Kier alpha value is -1.74. The van der Waals surface area contributed by atoms with Crippen LogP contribution in [0.2, 0.25) is 0 Å². The van der Waals surface area contributed by atoms with Crippen molar-refractivity contribution < 1.29 is 17.6 Å². The van der Waals surface area contributed by atoms with E-state index in [2.05, 4.69) is 22.5 Å². The minimum atomic E-state index is -4.15. The van der Waals surface area contributed by atoms with E-state index in [0.29, 0.717) is 44.6 Å². The summed E-state index contributed by atoms with van der Waals surface area (Å²) >= 11 is 0. The highest BCUT2D eigenvalue weighted by Gasteiger charge is 2.34. The number of hydrogen-bond acceptors (Lipinski definition) is 4. The first-order valence-electron chi connectivity index (χ1n) is 10.5. The van der Waals surface area contributed by atoms with Gasteiger partial charge >= 0.3 is 6.18 Å². The quantitative estimate of drug-likeness (QED) is 0.505. The molecule has 0 aliphatic carbocycles. The van der Waals surface area contributed by atoms with E-state index in [9.17, 15) is 13.2 Å². The van der Waals surface area contributed by atoms with Gasteiger partial charge in [0.15, 0.2) is 5.96 Å². The fourth-order valence-corrected chi connectivity index (χ4v) is 4.17. The third-order valence-electron chi connectivity index (χ3n) is 5.63. The highest BCUT2D eigenvalue weighted by atomic mass is 19.4. The van der Waals surface area contributed by atoms with Crippen molar-refractivity contribution in [3.05, 3.63) is 24.2 Å². The van der Waals surface area contributed by atoms with Crippen molar-refractivity contribution in [1.29, 1.82) is 0 Å². The van der Waals surface area contributed by atoms with Crippen LogP contribution in [-0.2, 0) is 6.42 Å². The van der Waals surface area contributed by atoms with Crippen molar-refractivity contribution in [1.82, 2.24) is 20.4 Å². The van der Waals surface area contributed by atoms with Crippen LogP contribution in [0.25, 0.3) is 0 Å². The normalized spacial score (nSPS) is 24.3. The molecule has 9 heteroatoms. The largest absolute Gasteiger partial charge is 0.469 e. The lowest BCUT2D eigenvalue weighted by molar-refractivity contribution is -0.143. The Morgan fingerprint density at radius 1 is 1.31 bits per heavy atom. The maximum Gasteiger partial charge on any atom is 0.401 e. The fraction of sp³-hybridized carbons (Fsp3) is 0.750. The van der Waals surface area contributed by atoms with Crippen LogP contribution in [0.1, 0.15) is 31.9 Å². The molecule has 29 heavy (non-hydrogen) atoms. The SMILES string of the molecule is CCN1CCCC1CN=C(NCCc1ccco1)NC1CCN(CC(F)(F)F)C1. The zero-order valence-corrected chi connectivity index (χ0v) is 17.0. The van der Waals surface area contributed by atoms with Crippen molar-refractivity contribution in [3.8, 4) is 0 Å². The van der Waals surface area contributed by atoms with Gasteiger partial charge in [-0.05, 0) is 44.5 Å². The molecule has 3 heterocycles. The summed E-state index contributed by atoms with van der Waals surface area (Å²) in [6, 6.07) is 4.19. The number of nitrogens with one attached hydrogen (secondary N) is 2. The van der Waals surface area contributed by atoms with Gasteiger partial charge in [-0.1, -0.05) is 6.92 Å². The third kappa shape index (κ3) is 7.22. The first kappa shape index (κ1) is 22.0. The predicted molar refractivity (Wildman–Crippen MR) is 107 cm³/mol. The number of halogens is 3. The average Bonchev–Trinajstić information content (AvgIpc) is 3.40. The van der Waals surface area contributed by atoms with Gasteiger partial charge in [-0.15, -0.1) is 0 Å². The number of rotatable bonds is 8. The molecule has 6 nitrogen and oxygen atoms in total. The molecular formula is C20H32F3N5O. The summed E-state index contributed by atoms with van der Waals surface area (Å²) in [6.45, 7) is 5.62. The molecule has 2 fully saturated rings. The molecule has 2 aliphatic rings. The zero-order chi connectivity index (χ0) is 20.7. The second-order valence-corrected chi connectivity index (χ2v) is 7.85. The van der Waals surface area contributed by atoms with Crippen LogP contribution in [0.4, 0.5) is 13.2 Å². The Morgan fingerprint density at radius 2 is 2.17 bits per heavy atom. The summed E-state index contributed by atoms with van der Waals surface area (Å²) in [5.41, 5.74) is 0. The van der Waals surface area contributed by atoms with E-state index in [0.717, 1.165) is 31.7 Å². The summed E-state index contributed by atoms with van der Waals surface area (Å²) in [6.07, 6.45) is 1.23. The highest BCUT2D eigenvalue weighted by molar-refractivity contribution is 5.80. The lowest BCUT2D eigenvalue weighted by atomic mass is 10.2. The number of aliphatic imine (C=N–C) groups is 1. The molecule has 0 spiro atoms. The van der Waals surface area contributed by atoms with Crippen molar-refractivity contribution in [2.45, 2.75) is 50.9 Å². The van der Waals surface area contributed by atoms with Crippen LogP contribution in [0.15, 0.2) is 27.8 Å². The van der Waals surface area contributed by atoms with Crippen LogP contribution < -0.4 is 10.6 Å². The monoisotopic (exact) mass is 415 g/mol. The van der Waals surface area contributed by atoms with Crippen molar-refractivity contribution in [2.75, 3.05) is 45.8 Å². The molecular weight excluding hydrogens is 383 g/mol. The molecule has 0 radical (unpaired) electrons. The molecule has 0 aromatic carbocycles. The van der Waals surface area contributed by atoms with Gasteiger partial charge in [-0.3, -0.25) is 14.8 Å². The van der Waals surface area contributed by atoms with Gasteiger partial charge in [-0.25, -0.2) is 0 Å². The second-order valence-electron chi connectivity index (χ2n) is 7.85. The predicted octanol–water partition coefficient (Wildman–Crippen LogP) is 2.48. The van der Waals surface area contributed by atoms with Crippen molar-refractivity contribution in [2.24, 2.45) is 4.99 Å². The van der Waals surface area contributed by atoms with Crippen molar-refractivity contribution >= 4 is 5.96 Å². The highest BCUT2D eigenvalue weighted by Crippen LogP contribution is 2.20. The molecule has 3 rings (SSSR count). The molecule has 0 amide bonds. The minimum Gasteiger partial charge on any atom is -0.469 e. The Labute approximate surface area is 170 Å². The number of alkyl halides is 3. The third-order valence-corrected chi connectivity index (χ3v) is 5.63. The van der Waals surface area contributed by atoms with Crippen molar-refractivity contribution in [3.63, 3.8) is 0 Å². The molecule has 2 atom stereocenters. The summed E-state index contributed by atoms with van der Waals surface area (Å²) in [4.78, 5) is 8.65. The van der Waals surface area contributed by atoms with E-state index in [-0.39, 0.29) is 6.04 Å². The van der Waals surface area contributed by atoms with Gasteiger partial charge in [0.05, 0.1) is 19.4 Å². The number of hydrogen-bond donors (Lipinski definition) is 2. The number of nitrogens with zero attached hydrogens (tertiary/aromatic N) is 3. The van der Waals surface area contributed by atoms with E-state index >= 15 is 0 Å². The first-order chi connectivity index (χ1) is 13.9. The lowest BCUT2D eigenvalue weighted by Gasteiger charge is -2.23. The Kier molecular flexibility index (Phi) is 7.83. The summed E-state index contributed by atoms with van der Waals surface area (Å²) < 4.78 is 43.3. The van der Waals surface area contributed by atoms with Crippen LogP contribution >= 0.6 is 0 Å². The molecule has 164 valence electrons. The number of guanidine groups is 1. The van der Waals surface area contributed by atoms with Crippen LogP contribution in [0.3, 0.4) is 0 Å². The van der Waals surface area contributed by atoms with Crippen LogP contribution in [-0.4, -0.2) is 79.8 Å². The minimum absolute atomic E-state index is 0.0296. The molecule has 1 aromatic heterocycles. The van der Waals surface area contributed by atoms with Crippen LogP contribution in [0, 0.1) is 0 Å². The maximum absolute atomic E-state index is 12.7. The molecule has 2 unspecified atom stereocenters. The maximum atomic E-state index is 12.7. The fourth-order valence-electron chi connectivity index (χ4n) is 4.17. The van der Waals surface area contributed by atoms with E-state index in [4.69, 9.17) is 9.41 Å². The number of furan rings is 1. The standard InChI is InChI=1S/C20H32F3N5O/c1-2-28-10-3-5-17(28)13-25-19(24-9-7-18-6-4-12-29-18)26-16-8-11-27(14-16)15-20(21,22)23/h4,6,12,16-17H,2-3,5,7-11,13-15H2,1H3,(H2,24,25,26). The van der Waals surface area contributed by atoms with E-state index < -0.39 is 12.7 Å². The van der Waals surface area contributed by atoms with Gasteiger partial charge in [0.25, 0.3) is 0 Å². The molecule has 0 bridgehead atoms. The van der Waals surface area contributed by atoms with E-state index in [1.807, 2.05) is 12.1 Å². The molecule has 2 aliphatic heterocycles. The summed E-state index contributed by atoms with van der Waals surface area (Å²) in [7, 11) is 0. The Bertz CT molecular complexity index is 635. The topological polar surface area (TPSA) is 56.0 Å². The Morgan fingerprint density at radius 3 is 2.90 bits per heavy atom. The van der Waals surface area contributed by atoms with Gasteiger partial charge in [-0.2, -0.15) is 13.2 Å². The summed E-state index contributed by atoms with van der Waals surface area (Å²) in [5, 5.41) is 6.67. The van der Waals surface area contributed by atoms with Crippen LogP contribution in [0.5, 0.6) is 0 Å². The number of likely N-dealkylation sites (tertiary alicyclic amines) is 2. The first-order valence-corrected chi connectivity index (χ1v) is 10.5.